The quantitative estimate of drug-likeness (QED) is 0.121. The van der Waals surface area contributed by atoms with E-state index in [2.05, 4.69) is 67.5 Å². The van der Waals surface area contributed by atoms with Crippen molar-refractivity contribution in [2.45, 2.75) is 180 Å². The van der Waals surface area contributed by atoms with Crippen molar-refractivity contribution in [3.05, 3.63) is 23.3 Å². The van der Waals surface area contributed by atoms with Crippen LogP contribution in [0, 0.1) is 45.3 Å². The zero-order valence-electron chi connectivity index (χ0n) is 34.0. The monoisotopic (exact) mass is 782 g/mol. The lowest BCUT2D eigenvalue weighted by atomic mass is 9.35. The van der Waals surface area contributed by atoms with Crippen molar-refractivity contribution in [3.8, 4) is 0 Å². The van der Waals surface area contributed by atoms with E-state index in [9.17, 15) is 46.0 Å². The second-order valence-corrected chi connectivity index (χ2v) is 19.6. The molecule has 0 amide bonds. The second kappa shape index (κ2) is 15.9. The molecule has 0 spiro atoms. The van der Waals surface area contributed by atoms with Crippen LogP contribution in [0.2, 0.25) is 0 Å². The Labute approximate surface area is 326 Å². The molecule has 4 aliphatic carbocycles. The molecule has 316 valence electrons. The van der Waals surface area contributed by atoms with E-state index in [0.29, 0.717) is 18.8 Å². The summed E-state index contributed by atoms with van der Waals surface area (Å²) in [6.07, 6.45) is -7.67. The molecule has 3 unspecified atom stereocenters. The molecule has 4 saturated carbocycles. The number of allylic oxidation sites excluding steroid dienone is 4. The minimum atomic E-state index is -1.79. The predicted octanol–water partition coefficient (Wildman–Crippen LogP) is 1.93. The molecule has 0 aromatic heterocycles. The van der Waals surface area contributed by atoms with Gasteiger partial charge < -0.3 is 64.9 Å². The van der Waals surface area contributed by atoms with Gasteiger partial charge in [0, 0.05) is 0 Å². The van der Waals surface area contributed by atoms with Gasteiger partial charge in [-0.15, -0.1) is 0 Å². The number of hydrogen-bond donors (Lipinski definition) is 9. The zero-order chi connectivity index (χ0) is 40.6. The molecule has 2 aliphatic heterocycles. The van der Waals surface area contributed by atoms with Crippen molar-refractivity contribution in [1.82, 2.24) is 0 Å². The summed E-state index contributed by atoms with van der Waals surface area (Å²) in [5.74, 6) is 0.659. The molecule has 0 aromatic carbocycles. The van der Waals surface area contributed by atoms with Crippen LogP contribution in [-0.2, 0) is 18.9 Å². The van der Waals surface area contributed by atoms with Gasteiger partial charge in [-0.25, -0.2) is 0 Å². The Hall–Kier alpha value is -1.04. The maximum atomic E-state index is 12.2. The summed E-state index contributed by atoms with van der Waals surface area (Å²) in [5.41, 5.74) is 1.45. The Bertz CT molecular complexity index is 1420. The van der Waals surface area contributed by atoms with Gasteiger partial charge in [0.05, 0.1) is 31.5 Å². The highest BCUT2D eigenvalue weighted by Gasteiger charge is 2.71. The molecule has 2 saturated heterocycles. The fraction of sp³-hybridized carbons (Fsp3) is 0.905. The van der Waals surface area contributed by atoms with Crippen molar-refractivity contribution >= 4 is 0 Å². The van der Waals surface area contributed by atoms with Crippen LogP contribution in [-0.4, -0.2) is 139 Å². The first kappa shape index (κ1) is 43.5. The smallest absolute Gasteiger partial charge is 0.187 e. The zero-order valence-corrected chi connectivity index (χ0v) is 34.0. The van der Waals surface area contributed by atoms with E-state index < -0.39 is 98.4 Å². The molecule has 0 aromatic rings. The van der Waals surface area contributed by atoms with Crippen LogP contribution in [0.4, 0.5) is 0 Å². The second-order valence-electron chi connectivity index (χ2n) is 19.6. The van der Waals surface area contributed by atoms with Gasteiger partial charge in [-0.2, -0.15) is 0 Å². The maximum Gasteiger partial charge on any atom is 0.187 e. The Morgan fingerprint density at radius 3 is 1.89 bits per heavy atom. The third-order valence-corrected chi connectivity index (χ3v) is 16.1. The van der Waals surface area contributed by atoms with Crippen molar-refractivity contribution < 1.29 is 64.9 Å². The highest BCUT2D eigenvalue weighted by atomic mass is 16.8. The minimum absolute atomic E-state index is 0.0549. The van der Waals surface area contributed by atoms with Crippen LogP contribution < -0.4 is 0 Å². The average Bonchev–Trinajstić information content (AvgIpc) is 3.49. The number of ether oxygens (including phenoxy) is 4. The predicted molar refractivity (Wildman–Crippen MR) is 201 cm³/mol. The number of aliphatic hydroxyl groups is 9. The first-order chi connectivity index (χ1) is 25.7. The van der Waals surface area contributed by atoms with E-state index in [1.807, 2.05) is 0 Å². The van der Waals surface area contributed by atoms with Gasteiger partial charge in [0.2, 0.25) is 0 Å². The van der Waals surface area contributed by atoms with Crippen LogP contribution in [0.1, 0.15) is 100 Å². The molecule has 13 heteroatoms. The highest BCUT2D eigenvalue weighted by molar-refractivity contribution is 5.23. The van der Waals surface area contributed by atoms with E-state index in [1.54, 1.807) is 0 Å². The Balaban J connectivity index is 1.26. The summed E-state index contributed by atoms with van der Waals surface area (Å²) in [6, 6.07) is 0. The molecule has 55 heavy (non-hydrogen) atoms. The summed E-state index contributed by atoms with van der Waals surface area (Å²) in [5, 5.41) is 97.6. The van der Waals surface area contributed by atoms with Crippen molar-refractivity contribution in [2.24, 2.45) is 45.3 Å². The van der Waals surface area contributed by atoms with Crippen LogP contribution in [0.3, 0.4) is 0 Å². The molecule has 6 rings (SSSR count). The molecule has 9 N–H and O–H groups in total. The van der Waals surface area contributed by atoms with Gasteiger partial charge in [-0.3, -0.25) is 0 Å². The van der Waals surface area contributed by atoms with E-state index in [1.165, 1.54) is 11.1 Å². The summed E-state index contributed by atoms with van der Waals surface area (Å²) in [4.78, 5) is 0. The van der Waals surface area contributed by atoms with Gasteiger partial charge in [-0.1, -0.05) is 57.9 Å². The summed E-state index contributed by atoms with van der Waals surface area (Å²) in [7, 11) is 0. The molecular weight excluding hydrogens is 712 g/mol. The highest BCUT2D eigenvalue weighted by Crippen LogP contribution is 2.75. The number of aliphatic hydroxyl groups excluding tert-OH is 9. The SMILES string of the molecule is CC(C)=CC/C=C(\C)[C@H]1CC[C@]2(C)C1[C@H](O)CC1[C@@]3(C)C[C@H](O)[C@H](O[C@@H]4O[C@H](CO)[C@@H](O)[C@H](O)[C@H]4O[C@@H]4O[C@H](CO)[C@@H](O)[C@H](O)[C@H]4O)C(C)(C)C3CC[C@]12C. The lowest BCUT2D eigenvalue weighted by Gasteiger charge is -2.71. The molecular formula is C42H70O13. The van der Waals surface area contributed by atoms with Crippen LogP contribution in [0.25, 0.3) is 0 Å². The molecule has 0 bridgehead atoms. The minimum Gasteiger partial charge on any atom is -0.394 e. The van der Waals surface area contributed by atoms with Gasteiger partial charge in [0.1, 0.15) is 48.8 Å². The standard InChI is InChI=1S/C42H70O13/c1-20(2)10-9-11-21(3)22-12-14-42(8)29(22)23(45)16-28-40(6)17-24(46)36(39(4,5)27(40)13-15-41(28,42)7)55-38-35(33(50)31(48)26(19-44)53-38)54-37-34(51)32(49)30(47)25(18-43)52-37/h10-11,22-38,43-51H,9,12-19H2,1-8H3/b21-11+/t22-,23-,24+,25-,26-,27?,28?,29?,30-,31-,32+,33+,34-,35-,36+,37+,38+,40+,41-,42-/m1/s1. The topological polar surface area (TPSA) is 219 Å². The van der Waals surface area contributed by atoms with Crippen LogP contribution >= 0.6 is 0 Å². The Morgan fingerprint density at radius 2 is 1.27 bits per heavy atom. The van der Waals surface area contributed by atoms with Gasteiger partial charge >= 0.3 is 0 Å². The molecule has 20 atom stereocenters. The Kier molecular flexibility index (Phi) is 12.6. The Morgan fingerprint density at radius 1 is 0.673 bits per heavy atom. The molecule has 2 heterocycles. The van der Waals surface area contributed by atoms with Crippen molar-refractivity contribution in [1.29, 1.82) is 0 Å². The molecule has 0 radical (unpaired) electrons. The van der Waals surface area contributed by atoms with Crippen LogP contribution in [0.5, 0.6) is 0 Å². The first-order valence-corrected chi connectivity index (χ1v) is 20.6. The largest absolute Gasteiger partial charge is 0.394 e. The van der Waals surface area contributed by atoms with E-state index >= 15 is 0 Å². The third-order valence-electron chi connectivity index (χ3n) is 16.1. The number of rotatable bonds is 9. The third kappa shape index (κ3) is 7.12. The number of hydrogen-bond acceptors (Lipinski definition) is 13. The van der Waals surface area contributed by atoms with Crippen molar-refractivity contribution in [3.63, 3.8) is 0 Å². The van der Waals surface area contributed by atoms with E-state index in [-0.39, 0.29) is 34.0 Å². The van der Waals surface area contributed by atoms with Gasteiger partial charge in [-0.05, 0) is 111 Å². The normalized spacial score (nSPS) is 52.5. The van der Waals surface area contributed by atoms with E-state index in [0.717, 1.165) is 32.1 Å². The molecule has 6 fully saturated rings. The lowest BCUT2D eigenvalue weighted by Crippen LogP contribution is -2.69. The summed E-state index contributed by atoms with van der Waals surface area (Å²) < 4.78 is 24.1. The first-order valence-electron chi connectivity index (χ1n) is 20.6. The fourth-order valence-corrected chi connectivity index (χ4v) is 13.1. The van der Waals surface area contributed by atoms with Gasteiger partial charge in [0.15, 0.2) is 12.6 Å². The average molecular weight is 783 g/mol. The number of fused-ring (bicyclic) bond motifs is 5. The summed E-state index contributed by atoms with van der Waals surface area (Å²) >= 11 is 0. The van der Waals surface area contributed by atoms with Gasteiger partial charge in [0.25, 0.3) is 0 Å². The molecule has 6 aliphatic rings. The lowest BCUT2D eigenvalue weighted by molar-refractivity contribution is -0.383. The van der Waals surface area contributed by atoms with E-state index in [4.69, 9.17) is 18.9 Å². The fourth-order valence-electron chi connectivity index (χ4n) is 13.1. The van der Waals surface area contributed by atoms with Crippen molar-refractivity contribution in [2.75, 3.05) is 13.2 Å². The maximum absolute atomic E-state index is 12.2. The molecule has 13 nitrogen and oxygen atoms in total. The summed E-state index contributed by atoms with van der Waals surface area (Å²) in [6.45, 7) is 16.3. The van der Waals surface area contributed by atoms with Crippen LogP contribution in [0.15, 0.2) is 23.3 Å².